The van der Waals surface area contributed by atoms with Gasteiger partial charge in [-0.25, -0.2) is 0 Å². The van der Waals surface area contributed by atoms with Crippen LogP contribution in [0.1, 0.15) is 33.1 Å². The van der Waals surface area contributed by atoms with E-state index < -0.39 is 12.7 Å². The summed E-state index contributed by atoms with van der Waals surface area (Å²) < 4.78 is 36.9. The minimum atomic E-state index is -4.08. The molecule has 0 unspecified atom stereocenters. The average Bonchev–Trinajstić information content (AvgIpc) is 2.37. The van der Waals surface area contributed by atoms with Gasteiger partial charge in [0.25, 0.3) is 0 Å². The van der Waals surface area contributed by atoms with Gasteiger partial charge in [0.2, 0.25) is 0 Å². The molecule has 124 valence electrons. The number of nitrogens with zero attached hydrogens (tertiary/aromatic N) is 2. The molecule has 0 aromatic carbocycles. The molecular weight excluding hydrogens is 281 g/mol. The zero-order valence-electron chi connectivity index (χ0n) is 13.1. The topological polar surface area (TPSA) is 39.7 Å². The van der Waals surface area contributed by atoms with Gasteiger partial charge in [0.05, 0.1) is 6.54 Å². The second-order valence-electron chi connectivity index (χ2n) is 5.92. The molecule has 1 aliphatic rings. The van der Waals surface area contributed by atoms with E-state index in [4.69, 9.17) is 0 Å². The SMILES string of the molecule is CN=C(NCCC1CCN(CC(F)(F)F)CC1)NC(C)C. The normalized spacial score (nSPS) is 19.1. The second kappa shape index (κ2) is 8.46. The number of piperidine rings is 1. The van der Waals surface area contributed by atoms with E-state index in [2.05, 4.69) is 15.6 Å². The molecule has 21 heavy (non-hydrogen) atoms. The fourth-order valence-corrected chi connectivity index (χ4v) is 2.55. The zero-order valence-corrected chi connectivity index (χ0v) is 13.1. The minimum absolute atomic E-state index is 0.321. The molecule has 1 aliphatic heterocycles. The van der Waals surface area contributed by atoms with Gasteiger partial charge in [-0.1, -0.05) is 0 Å². The number of guanidine groups is 1. The van der Waals surface area contributed by atoms with Crippen molar-refractivity contribution in [2.24, 2.45) is 10.9 Å². The van der Waals surface area contributed by atoms with Crippen molar-refractivity contribution >= 4 is 5.96 Å². The summed E-state index contributed by atoms with van der Waals surface area (Å²) in [7, 11) is 1.73. The molecule has 2 N–H and O–H groups in total. The number of alkyl halides is 3. The maximum absolute atomic E-state index is 12.3. The van der Waals surface area contributed by atoms with Crippen LogP contribution in [-0.2, 0) is 0 Å². The summed E-state index contributed by atoms with van der Waals surface area (Å²) in [5, 5.41) is 6.45. The van der Waals surface area contributed by atoms with Crippen LogP contribution in [0.15, 0.2) is 4.99 Å². The highest BCUT2D eigenvalue weighted by atomic mass is 19.4. The van der Waals surface area contributed by atoms with Crippen LogP contribution in [0.25, 0.3) is 0 Å². The van der Waals surface area contributed by atoms with E-state index in [9.17, 15) is 13.2 Å². The van der Waals surface area contributed by atoms with Gasteiger partial charge in [-0.2, -0.15) is 13.2 Å². The predicted octanol–water partition coefficient (Wildman–Crippen LogP) is 2.22. The number of hydrogen-bond acceptors (Lipinski definition) is 2. The first-order chi connectivity index (χ1) is 9.80. The fraction of sp³-hybridized carbons (Fsp3) is 0.929. The van der Waals surface area contributed by atoms with Crippen molar-refractivity contribution in [2.45, 2.75) is 45.3 Å². The van der Waals surface area contributed by atoms with Crippen LogP contribution in [0.2, 0.25) is 0 Å². The van der Waals surface area contributed by atoms with E-state index in [0.717, 1.165) is 31.8 Å². The zero-order chi connectivity index (χ0) is 15.9. The van der Waals surface area contributed by atoms with E-state index in [1.807, 2.05) is 13.8 Å². The number of rotatable bonds is 5. The van der Waals surface area contributed by atoms with Crippen molar-refractivity contribution in [1.29, 1.82) is 0 Å². The van der Waals surface area contributed by atoms with Crippen molar-refractivity contribution in [3.63, 3.8) is 0 Å². The molecule has 1 rings (SSSR count). The monoisotopic (exact) mass is 308 g/mol. The molecule has 0 aliphatic carbocycles. The summed E-state index contributed by atoms with van der Waals surface area (Å²) >= 11 is 0. The molecular formula is C14H27F3N4. The molecule has 0 amide bonds. The Morgan fingerprint density at radius 2 is 1.90 bits per heavy atom. The third kappa shape index (κ3) is 8.14. The summed E-state index contributed by atoms with van der Waals surface area (Å²) in [4.78, 5) is 5.63. The van der Waals surface area contributed by atoms with Crippen molar-refractivity contribution in [1.82, 2.24) is 15.5 Å². The summed E-state index contributed by atoms with van der Waals surface area (Å²) in [5.74, 6) is 1.28. The van der Waals surface area contributed by atoms with Crippen molar-refractivity contribution in [3.8, 4) is 0 Å². The van der Waals surface area contributed by atoms with Gasteiger partial charge in [0.15, 0.2) is 5.96 Å². The predicted molar refractivity (Wildman–Crippen MR) is 79.5 cm³/mol. The molecule has 0 aromatic heterocycles. The first-order valence-electron chi connectivity index (χ1n) is 7.56. The van der Waals surface area contributed by atoms with Gasteiger partial charge in [0, 0.05) is 19.6 Å². The number of hydrogen-bond donors (Lipinski definition) is 2. The van der Waals surface area contributed by atoms with E-state index in [0.29, 0.717) is 25.0 Å². The number of halogens is 3. The first-order valence-corrected chi connectivity index (χ1v) is 7.56. The molecule has 7 heteroatoms. The average molecular weight is 308 g/mol. The van der Waals surface area contributed by atoms with Crippen molar-refractivity contribution in [2.75, 3.05) is 33.2 Å². The van der Waals surface area contributed by atoms with E-state index in [-0.39, 0.29) is 0 Å². The van der Waals surface area contributed by atoms with Crippen LogP contribution in [0.4, 0.5) is 13.2 Å². The second-order valence-corrected chi connectivity index (χ2v) is 5.92. The maximum Gasteiger partial charge on any atom is 0.401 e. The lowest BCUT2D eigenvalue weighted by Crippen LogP contribution is -2.43. The highest BCUT2D eigenvalue weighted by Crippen LogP contribution is 2.23. The lowest BCUT2D eigenvalue weighted by molar-refractivity contribution is -0.148. The van der Waals surface area contributed by atoms with Crippen LogP contribution in [0.5, 0.6) is 0 Å². The number of nitrogens with one attached hydrogen (secondary N) is 2. The van der Waals surface area contributed by atoms with E-state index in [1.54, 1.807) is 7.05 Å². The molecule has 1 heterocycles. The van der Waals surface area contributed by atoms with Crippen molar-refractivity contribution in [3.05, 3.63) is 0 Å². The Bertz CT molecular complexity index is 321. The summed E-state index contributed by atoms with van der Waals surface area (Å²) in [6, 6.07) is 0.321. The van der Waals surface area contributed by atoms with Gasteiger partial charge in [0.1, 0.15) is 0 Å². The molecule has 4 nitrogen and oxygen atoms in total. The molecule has 0 saturated carbocycles. The van der Waals surface area contributed by atoms with Crippen LogP contribution < -0.4 is 10.6 Å². The minimum Gasteiger partial charge on any atom is -0.356 e. The Kier molecular flexibility index (Phi) is 7.28. The third-order valence-electron chi connectivity index (χ3n) is 3.60. The van der Waals surface area contributed by atoms with Crippen LogP contribution in [0, 0.1) is 5.92 Å². The lowest BCUT2D eigenvalue weighted by atomic mass is 9.93. The first kappa shape index (κ1) is 18.1. The smallest absolute Gasteiger partial charge is 0.356 e. The largest absolute Gasteiger partial charge is 0.401 e. The Balaban J connectivity index is 2.18. The van der Waals surface area contributed by atoms with Gasteiger partial charge < -0.3 is 10.6 Å². The van der Waals surface area contributed by atoms with Crippen LogP contribution >= 0.6 is 0 Å². The Labute approximate surface area is 125 Å². The fourth-order valence-electron chi connectivity index (χ4n) is 2.55. The maximum atomic E-state index is 12.3. The van der Waals surface area contributed by atoms with Crippen LogP contribution in [-0.4, -0.2) is 56.3 Å². The molecule has 0 radical (unpaired) electrons. The third-order valence-corrected chi connectivity index (χ3v) is 3.60. The lowest BCUT2D eigenvalue weighted by Gasteiger charge is -2.32. The molecule has 1 fully saturated rings. The quantitative estimate of drug-likeness (QED) is 0.604. The van der Waals surface area contributed by atoms with Gasteiger partial charge in [-0.15, -0.1) is 0 Å². The molecule has 0 bridgehead atoms. The molecule has 0 spiro atoms. The molecule has 1 saturated heterocycles. The summed E-state index contributed by atoms with van der Waals surface area (Å²) in [6.07, 6.45) is -1.43. The molecule has 0 atom stereocenters. The number of likely N-dealkylation sites (tertiary alicyclic amines) is 1. The summed E-state index contributed by atoms with van der Waals surface area (Å²) in [6.45, 7) is 5.21. The number of aliphatic imine (C=N–C) groups is 1. The highest BCUT2D eigenvalue weighted by Gasteiger charge is 2.32. The Morgan fingerprint density at radius 3 is 2.38 bits per heavy atom. The highest BCUT2D eigenvalue weighted by molar-refractivity contribution is 5.79. The molecule has 0 aromatic rings. The Morgan fingerprint density at radius 1 is 1.29 bits per heavy atom. The van der Waals surface area contributed by atoms with Gasteiger partial charge in [-0.3, -0.25) is 9.89 Å². The van der Waals surface area contributed by atoms with Gasteiger partial charge in [-0.05, 0) is 52.1 Å². The van der Waals surface area contributed by atoms with Crippen LogP contribution in [0.3, 0.4) is 0 Å². The van der Waals surface area contributed by atoms with Crippen molar-refractivity contribution < 1.29 is 13.2 Å². The van der Waals surface area contributed by atoms with E-state index in [1.165, 1.54) is 4.90 Å². The standard InChI is InChI=1S/C14H27F3N4/c1-11(2)20-13(18-3)19-7-4-12-5-8-21(9-6-12)10-14(15,16)17/h11-12H,4-10H2,1-3H3,(H2,18,19,20). The van der Waals surface area contributed by atoms with E-state index >= 15 is 0 Å². The van der Waals surface area contributed by atoms with Gasteiger partial charge >= 0.3 is 6.18 Å². The summed E-state index contributed by atoms with van der Waals surface area (Å²) in [5.41, 5.74) is 0. The Hall–Kier alpha value is -0.980.